The Labute approximate surface area is 111 Å². The highest BCUT2D eigenvalue weighted by Gasteiger charge is 2.18. The molecule has 1 saturated heterocycles. The zero-order valence-electron chi connectivity index (χ0n) is 11.7. The first-order chi connectivity index (χ1) is 8.65. The molecule has 1 aliphatic rings. The zero-order chi connectivity index (χ0) is 13.0. The van der Waals surface area contributed by atoms with Gasteiger partial charge < -0.3 is 10.6 Å². The molecular weight excluding hydrogens is 220 g/mol. The van der Waals surface area contributed by atoms with Crippen LogP contribution in [-0.4, -0.2) is 31.1 Å². The number of hydrogen-bond donors (Lipinski definition) is 1. The molecule has 0 aromatic heterocycles. The summed E-state index contributed by atoms with van der Waals surface area (Å²) >= 11 is 0. The van der Waals surface area contributed by atoms with Crippen molar-refractivity contribution in [2.45, 2.75) is 44.6 Å². The van der Waals surface area contributed by atoms with E-state index in [4.69, 9.17) is 5.73 Å². The summed E-state index contributed by atoms with van der Waals surface area (Å²) in [5, 5.41) is 0. The highest BCUT2D eigenvalue weighted by Crippen LogP contribution is 2.28. The molecule has 1 fully saturated rings. The van der Waals surface area contributed by atoms with Crippen molar-refractivity contribution >= 4 is 0 Å². The van der Waals surface area contributed by atoms with Gasteiger partial charge in [0, 0.05) is 6.04 Å². The Balaban J connectivity index is 1.98. The standard InChI is InChI=1S/C16H26N2/c1-13(17)6-7-14-4-3-5-16(12-14)15-8-10-18(2)11-9-15/h3-5,12-13,15H,6-11,17H2,1-2H3. The summed E-state index contributed by atoms with van der Waals surface area (Å²) in [6.07, 6.45) is 4.79. The number of piperidine rings is 1. The molecule has 100 valence electrons. The Hall–Kier alpha value is -0.860. The summed E-state index contributed by atoms with van der Waals surface area (Å²) in [6, 6.07) is 9.45. The van der Waals surface area contributed by atoms with Crippen LogP contribution in [0.2, 0.25) is 0 Å². The van der Waals surface area contributed by atoms with E-state index in [9.17, 15) is 0 Å². The molecule has 2 rings (SSSR count). The largest absolute Gasteiger partial charge is 0.328 e. The Morgan fingerprint density at radius 3 is 2.72 bits per heavy atom. The van der Waals surface area contributed by atoms with Crippen LogP contribution >= 0.6 is 0 Å². The van der Waals surface area contributed by atoms with E-state index in [2.05, 4.69) is 43.1 Å². The molecule has 0 bridgehead atoms. The lowest BCUT2D eigenvalue weighted by Gasteiger charge is -2.29. The van der Waals surface area contributed by atoms with Gasteiger partial charge >= 0.3 is 0 Å². The van der Waals surface area contributed by atoms with Gasteiger partial charge in [0.2, 0.25) is 0 Å². The van der Waals surface area contributed by atoms with Crippen molar-refractivity contribution in [3.63, 3.8) is 0 Å². The highest BCUT2D eigenvalue weighted by atomic mass is 15.1. The molecule has 0 saturated carbocycles. The topological polar surface area (TPSA) is 29.3 Å². The molecule has 1 aliphatic heterocycles. The molecule has 0 spiro atoms. The van der Waals surface area contributed by atoms with Gasteiger partial charge in [-0.05, 0) is 69.8 Å². The molecule has 1 aromatic carbocycles. The molecule has 0 amide bonds. The molecule has 1 aromatic rings. The maximum atomic E-state index is 5.83. The molecular formula is C16H26N2. The maximum absolute atomic E-state index is 5.83. The predicted molar refractivity (Wildman–Crippen MR) is 77.9 cm³/mol. The lowest BCUT2D eigenvalue weighted by molar-refractivity contribution is 0.255. The molecule has 2 nitrogen and oxygen atoms in total. The van der Waals surface area contributed by atoms with Gasteiger partial charge in [0.25, 0.3) is 0 Å². The lowest BCUT2D eigenvalue weighted by atomic mass is 9.88. The minimum absolute atomic E-state index is 0.303. The van der Waals surface area contributed by atoms with Crippen LogP contribution < -0.4 is 5.73 Å². The molecule has 1 heterocycles. The third kappa shape index (κ3) is 3.82. The number of rotatable bonds is 4. The fraction of sp³-hybridized carbons (Fsp3) is 0.625. The Morgan fingerprint density at radius 1 is 1.33 bits per heavy atom. The average molecular weight is 246 g/mol. The highest BCUT2D eigenvalue weighted by molar-refractivity contribution is 5.27. The Morgan fingerprint density at radius 2 is 2.06 bits per heavy atom. The zero-order valence-corrected chi connectivity index (χ0v) is 11.7. The minimum Gasteiger partial charge on any atom is -0.328 e. The van der Waals surface area contributed by atoms with E-state index >= 15 is 0 Å². The summed E-state index contributed by atoms with van der Waals surface area (Å²) < 4.78 is 0. The van der Waals surface area contributed by atoms with Crippen molar-refractivity contribution in [3.05, 3.63) is 35.4 Å². The normalized spacial score (nSPS) is 19.9. The first-order valence-electron chi connectivity index (χ1n) is 7.18. The van der Waals surface area contributed by atoms with E-state index in [-0.39, 0.29) is 0 Å². The van der Waals surface area contributed by atoms with Crippen molar-refractivity contribution in [2.75, 3.05) is 20.1 Å². The fourth-order valence-electron chi connectivity index (χ4n) is 2.74. The summed E-state index contributed by atoms with van der Waals surface area (Å²) in [6.45, 7) is 4.55. The number of aryl methyl sites for hydroxylation is 1. The van der Waals surface area contributed by atoms with Crippen molar-refractivity contribution in [1.29, 1.82) is 0 Å². The first-order valence-corrected chi connectivity index (χ1v) is 7.18. The van der Waals surface area contributed by atoms with Gasteiger partial charge in [-0.2, -0.15) is 0 Å². The van der Waals surface area contributed by atoms with Crippen LogP contribution in [0, 0.1) is 0 Å². The maximum Gasteiger partial charge on any atom is 0.00136 e. The van der Waals surface area contributed by atoms with Crippen LogP contribution in [0.5, 0.6) is 0 Å². The molecule has 0 aliphatic carbocycles. The SMILES string of the molecule is CC(N)CCc1cccc(C2CCN(C)CC2)c1. The van der Waals surface area contributed by atoms with Gasteiger partial charge in [-0.1, -0.05) is 24.3 Å². The molecule has 1 unspecified atom stereocenters. The average Bonchev–Trinajstić information content (AvgIpc) is 2.37. The van der Waals surface area contributed by atoms with E-state index in [1.54, 1.807) is 0 Å². The van der Waals surface area contributed by atoms with Crippen LogP contribution in [0.3, 0.4) is 0 Å². The summed E-state index contributed by atoms with van der Waals surface area (Å²) in [5.74, 6) is 0.761. The van der Waals surface area contributed by atoms with Crippen molar-refractivity contribution < 1.29 is 0 Å². The second-order valence-corrected chi connectivity index (χ2v) is 5.84. The van der Waals surface area contributed by atoms with Gasteiger partial charge in [-0.3, -0.25) is 0 Å². The van der Waals surface area contributed by atoms with Gasteiger partial charge in [0.1, 0.15) is 0 Å². The summed E-state index contributed by atoms with van der Waals surface area (Å²) in [4.78, 5) is 2.43. The lowest BCUT2D eigenvalue weighted by Crippen LogP contribution is -2.29. The summed E-state index contributed by atoms with van der Waals surface area (Å²) in [5.41, 5.74) is 8.81. The fourth-order valence-corrected chi connectivity index (χ4v) is 2.74. The number of benzene rings is 1. The predicted octanol–water partition coefficient (Wildman–Crippen LogP) is 2.78. The number of nitrogens with zero attached hydrogens (tertiary/aromatic N) is 1. The number of likely N-dealkylation sites (tertiary alicyclic amines) is 1. The second kappa shape index (κ2) is 6.35. The monoisotopic (exact) mass is 246 g/mol. The second-order valence-electron chi connectivity index (χ2n) is 5.84. The number of nitrogens with two attached hydrogens (primary N) is 1. The molecule has 0 radical (unpaired) electrons. The van der Waals surface area contributed by atoms with Gasteiger partial charge in [-0.15, -0.1) is 0 Å². The van der Waals surface area contributed by atoms with E-state index in [0.29, 0.717) is 6.04 Å². The van der Waals surface area contributed by atoms with Gasteiger partial charge in [-0.25, -0.2) is 0 Å². The molecule has 1 atom stereocenters. The molecule has 18 heavy (non-hydrogen) atoms. The number of hydrogen-bond acceptors (Lipinski definition) is 2. The van der Waals surface area contributed by atoms with Crippen LogP contribution in [0.1, 0.15) is 43.2 Å². The van der Waals surface area contributed by atoms with E-state index in [1.807, 2.05) is 0 Å². The van der Waals surface area contributed by atoms with E-state index in [1.165, 1.54) is 37.1 Å². The Bertz CT molecular complexity index is 365. The van der Waals surface area contributed by atoms with Crippen molar-refractivity contribution in [2.24, 2.45) is 5.73 Å². The smallest absolute Gasteiger partial charge is 0.00136 e. The van der Waals surface area contributed by atoms with Crippen LogP contribution in [0.4, 0.5) is 0 Å². The quantitative estimate of drug-likeness (QED) is 0.885. The molecule has 2 N–H and O–H groups in total. The van der Waals surface area contributed by atoms with Crippen LogP contribution in [0.25, 0.3) is 0 Å². The Kier molecular flexibility index (Phi) is 4.79. The molecule has 2 heteroatoms. The van der Waals surface area contributed by atoms with Crippen LogP contribution in [0.15, 0.2) is 24.3 Å². The third-order valence-electron chi connectivity index (χ3n) is 4.03. The minimum atomic E-state index is 0.303. The van der Waals surface area contributed by atoms with Gasteiger partial charge in [0.05, 0.1) is 0 Å². The van der Waals surface area contributed by atoms with E-state index in [0.717, 1.165) is 18.8 Å². The van der Waals surface area contributed by atoms with Crippen molar-refractivity contribution in [1.82, 2.24) is 4.90 Å². The van der Waals surface area contributed by atoms with E-state index < -0.39 is 0 Å². The van der Waals surface area contributed by atoms with Crippen LogP contribution in [-0.2, 0) is 6.42 Å². The van der Waals surface area contributed by atoms with Crippen molar-refractivity contribution in [3.8, 4) is 0 Å². The first kappa shape index (κ1) is 13.6. The third-order valence-corrected chi connectivity index (χ3v) is 4.03. The summed E-state index contributed by atoms with van der Waals surface area (Å²) in [7, 11) is 2.22. The van der Waals surface area contributed by atoms with Gasteiger partial charge in [0.15, 0.2) is 0 Å².